The molecule has 0 aliphatic heterocycles. The molecule has 0 spiro atoms. The van der Waals surface area contributed by atoms with Crippen LogP contribution in [-0.4, -0.2) is 23.7 Å². The van der Waals surface area contributed by atoms with Crippen molar-refractivity contribution in [2.24, 2.45) is 0 Å². The Balaban J connectivity index is 1.88. The van der Waals surface area contributed by atoms with E-state index in [4.69, 9.17) is 4.52 Å². The van der Waals surface area contributed by atoms with Crippen molar-refractivity contribution < 1.29 is 4.52 Å². The first kappa shape index (κ1) is 10.9. The average Bonchev–Trinajstić information content (AvgIpc) is 3.00. The van der Waals surface area contributed by atoms with Crippen LogP contribution in [0.5, 0.6) is 0 Å². The molecule has 0 radical (unpaired) electrons. The van der Waals surface area contributed by atoms with E-state index in [9.17, 15) is 0 Å². The molecule has 3 aromatic rings. The van der Waals surface area contributed by atoms with Crippen LogP contribution in [0, 0.1) is 0 Å². The van der Waals surface area contributed by atoms with Crippen molar-refractivity contribution in [3.8, 4) is 10.8 Å². The van der Waals surface area contributed by atoms with Gasteiger partial charge in [-0.1, -0.05) is 5.16 Å². The summed E-state index contributed by atoms with van der Waals surface area (Å²) in [7, 11) is 1.91. The summed E-state index contributed by atoms with van der Waals surface area (Å²) < 4.78 is 7.83. The molecule has 1 N–H and O–H groups in total. The van der Waals surface area contributed by atoms with Crippen LogP contribution >= 0.6 is 22.7 Å². The van der Waals surface area contributed by atoms with Crippen LogP contribution in [-0.2, 0) is 6.42 Å². The number of hydrogen-bond acceptors (Lipinski definition) is 6. The predicted molar refractivity (Wildman–Crippen MR) is 70.6 cm³/mol. The molecular weight excluding hydrogens is 254 g/mol. The number of thiophene rings is 2. The summed E-state index contributed by atoms with van der Waals surface area (Å²) in [5.74, 6) is 1.38. The maximum atomic E-state index is 5.27. The van der Waals surface area contributed by atoms with Crippen molar-refractivity contribution in [2.45, 2.75) is 6.42 Å². The number of fused-ring (bicyclic) bond motifs is 1. The number of rotatable bonds is 4. The zero-order valence-electron chi connectivity index (χ0n) is 9.27. The molecule has 88 valence electrons. The molecule has 0 aliphatic rings. The molecule has 0 unspecified atom stereocenters. The normalized spacial score (nSPS) is 11.4. The molecule has 0 aromatic carbocycles. The molecule has 0 fully saturated rings. The SMILES string of the molecule is CNCCc1noc(-c2cc3sccc3s2)n1. The third-order valence-electron chi connectivity index (χ3n) is 2.42. The topological polar surface area (TPSA) is 51.0 Å². The van der Waals surface area contributed by atoms with Crippen molar-refractivity contribution in [1.29, 1.82) is 0 Å². The second-order valence-electron chi connectivity index (χ2n) is 3.63. The number of aromatic nitrogens is 2. The second-order valence-corrected chi connectivity index (χ2v) is 5.66. The Morgan fingerprint density at radius 2 is 2.35 bits per heavy atom. The molecule has 0 atom stereocenters. The minimum absolute atomic E-state index is 0.629. The second kappa shape index (κ2) is 4.56. The number of likely N-dealkylation sites (N-methyl/N-ethyl adjacent to an activating group) is 1. The summed E-state index contributed by atoms with van der Waals surface area (Å²) in [6, 6.07) is 4.23. The van der Waals surface area contributed by atoms with E-state index in [0.29, 0.717) is 5.89 Å². The van der Waals surface area contributed by atoms with Crippen LogP contribution in [0.15, 0.2) is 22.0 Å². The summed E-state index contributed by atoms with van der Waals surface area (Å²) in [6.45, 7) is 0.860. The Hall–Kier alpha value is -1.24. The van der Waals surface area contributed by atoms with Gasteiger partial charge in [0.25, 0.3) is 5.89 Å². The third kappa shape index (κ3) is 2.11. The molecule has 0 amide bonds. The van der Waals surface area contributed by atoms with Crippen LogP contribution in [0.25, 0.3) is 20.2 Å². The van der Waals surface area contributed by atoms with Crippen molar-refractivity contribution in [2.75, 3.05) is 13.6 Å². The van der Waals surface area contributed by atoms with E-state index in [1.54, 1.807) is 22.7 Å². The van der Waals surface area contributed by atoms with E-state index in [-0.39, 0.29) is 0 Å². The molecule has 0 aliphatic carbocycles. The first-order chi connectivity index (χ1) is 8.36. The van der Waals surface area contributed by atoms with Gasteiger partial charge in [-0.15, -0.1) is 22.7 Å². The summed E-state index contributed by atoms with van der Waals surface area (Å²) in [4.78, 5) is 5.44. The molecular formula is C11H11N3OS2. The maximum absolute atomic E-state index is 5.27. The van der Waals surface area contributed by atoms with E-state index in [2.05, 4.69) is 33.0 Å². The van der Waals surface area contributed by atoms with Crippen LogP contribution in [0.1, 0.15) is 5.82 Å². The zero-order valence-corrected chi connectivity index (χ0v) is 10.9. The Bertz CT molecular complexity index is 597. The lowest BCUT2D eigenvalue weighted by atomic mass is 10.4. The molecule has 4 nitrogen and oxygen atoms in total. The molecule has 0 saturated heterocycles. The highest BCUT2D eigenvalue weighted by Gasteiger charge is 2.12. The highest BCUT2D eigenvalue weighted by Crippen LogP contribution is 2.35. The standard InChI is InChI=1S/C11H11N3OS2/c1-12-4-2-10-13-11(15-14-10)9-6-8-7(17-9)3-5-16-8/h3,5-6,12H,2,4H2,1H3. The molecule has 0 saturated carbocycles. The average molecular weight is 265 g/mol. The van der Waals surface area contributed by atoms with Crippen molar-refractivity contribution in [3.63, 3.8) is 0 Å². The first-order valence-corrected chi connectivity index (χ1v) is 7.01. The molecule has 3 rings (SSSR count). The monoisotopic (exact) mass is 265 g/mol. The van der Waals surface area contributed by atoms with E-state index in [0.717, 1.165) is 23.7 Å². The van der Waals surface area contributed by atoms with Gasteiger partial charge >= 0.3 is 0 Å². The van der Waals surface area contributed by atoms with E-state index >= 15 is 0 Å². The summed E-state index contributed by atoms with van der Waals surface area (Å²) in [5.41, 5.74) is 0. The van der Waals surface area contributed by atoms with Gasteiger partial charge in [-0.3, -0.25) is 0 Å². The van der Waals surface area contributed by atoms with Crippen LogP contribution < -0.4 is 5.32 Å². The van der Waals surface area contributed by atoms with Gasteiger partial charge in [0.1, 0.15) is 0 Å². The fourth-order valence-corrected chi connectivity index (χ4v) is 3.59. The fourth-order valence-electron chi connectivity index (χ4n) is 1.56. The molecule has 3 heterocycles. The minimum Gasteiger partial charge on any atom is -0.333 e. The lowest BCUT2D eigenvalue weighted by molar-refractivity contribution is 0.423. The molecule has 17 heavy (non-hydrogen) atoms. The highest BCUT2D eigenvalue weighted by molar-refractivity contribution is 7.28. The fraction of sp³-hybridized carbons (Fsp3) is 0.273. The maximum Gasteiger partial charge on any atom is 0.268 e. The number of nitrogens with one attached hydrogen (secondary N) is 1. The van der Waals surface area contributed by atoms with Crippen molar-refractivity contribution in [3.05, 3.63) is 23.3 Å². The van der Waals surface area contributed by atoms with Gasteiger partial charge < -0.3 is 9.84 Å². The predicted octanol–water partition coefficient (Wildman–Crippen LogP) is 2.77. The van der Waals surface area contributed by atoms with Crippen LogP contribution in [0.2, 0.25) is 0 Å². The van der Waals surface area contributed by atoms with E-state index in [1.165, 1.54) is 9.40 Å². The van der Waals surface area contributed by atoms with Gasteiger partial charge in [0.2, 0.25) is 0 Å². The summed E-state index contributed by atoms with van der Waals surface area (Å²) >= 11 is 3.43. The number of hydrogen-bond donors (Lipinski definition) is 1. The van der Waals surface area contributed by atoms with Gasteiger partial charge in [0, 0.05) is 22.4 Å². The lowest BCUT2D eigenvalue weighted by Gasteiger charge is -1.90. The van der Waals surface area contributed by atoms with Gasteiger partial charge in [-0.25, -0.2) is 0 Å². The minimum atomic E-state index is 0.629. The smallest absolute Gasteiger partial charge is 0.268 e. The number of nitrogens with zero attached hydrogens (tertiary/aromatic N) is 2. The first-order valence-electron chi connectivity index (χ1n) is 5.31. The van der Waals surface area contributed by atoms with Gasteiger partial charge in [-0.2, -0.15) is 4.98 Å². The zero-order chi connectivity index (χ0) is 11.7. The highest BCUT2D eigenvalue weighted by atomic mass is 32.1. The van der Waals surface area contributed by atoms with Gasteiger partial charge in [-0.05, 0) is 24.6 Å². The molecule has 0 bridgehead atoms. The summed E-state index contributed by atoms with van der Waals surface area (Å²) in [6.07, 6.45) is 0.791. The van der Waals surface area contributed by atoms with E-state index < -0.39 is 0 Å². The summed E-state index contributed by atoms with van der Waals surface area (Å²) in [5, 5.41) is 9.13. The largest absolute Gasteiger partial charge is 0.333 e. The van der Waals surface area contributed by atoms with Crippen molar-refractivity contribution >= 4 is 32.1 Å². The third-order valence-corrected chi connectivity index (χ3v) is 4.50. The Kier molecular flexibility index (Phi) is 2.92. The Morgan fingerprint density at radius 1 is 1.41 bits per heavy atom. The van der Waals surface area contributed by atoms with Crippen molar-refractivity contribution in [1.82, 2.24) is 15.5 Å². The van der Waals surface area contributed by atoms with E-state index in [1.807, 2.05) is 7.05 Å². The van der Waals surface area contributed by atoms with Crippen LogP contribution in [0.3, 0.4) is 0 Å². The molecule has 6 heteroatoms. The Labute approximate surface area is 106 Å². The van der Waals surface area contributed by atoms with Gasteiger partial charge in [0.15, 0.2) is 5.82 Å². The molecule has 3 aromatic heterocycles. The lowest BCUT2D eigenvalue weighted by Crippen LogP contribution is -2.10. The van der Waals surface area contributed by atoms with Gasteiger partial charge in [0.05, 0.1) is 4.88 Å². The Morgan fingerprint density at radius 3 is 3.18 bits per heavy atom. The quantitative estimate of drug-likeness (QED) is 0.788. The van der Waals surface area contributed by atoms with Crippen LogP contribution in [0.4, 0.5) is 0 Å².